The van der Waals surface area contributed by atoms with E-state index in [-0.39, 0.29) is 62.5 Å². The topological polar surface area (TPSA) is 160 Å². The van der Waals surface area contributed by atoms with E-state index in [1.807, 2.05) is 0 Å². The molecule has 0 aromatic carbocycles. The molecule has 14 heteroatoms. The molecule has 1 rings (SSSR count). The van der Waals surface area contributed by atoms with Gasteiger partial charge in [-0.25, -0.2) is 0 Å². The van der Waals surface area contributed by atoms with Crippen molar-refractivity contribution < 1.29 is 52.4 Å². The van der Waals surface area contributed by atoms with Crippen LogP contribution in [0.15, 0.2) is 0 Å². The van der Waals surface area contributed by atoms with Gasteiger partial charge in [-0.1, -0.05) is 194 Å². The summed E-state index contributed by atoms with van der Waals surface area (Å²) in [5.41, 5.74) is 0. The molecule has 0 saturated carbocycles. The van der Waals surface area contributed by atoms with Gasteiger partial charge in [-0.2, -0.15) is 0 Å². The number of carbonyl (C=O) groups is 3. The van der Waals surface area contributed by atoms with Crippen LogP contribution in [0.1, 0.15) is 233 Å². The van der Waals surface area contributed by atoms with Crippen molar-refractivity contribution in [2.75, 3.05) is 41.1 Å². The number of rotatable bonds is 47. The van der Waals surface area contributed by atoms with Gasteiger partial charge in [0, 0.05) is 37.3 Å². The van der Waals surface area contributed by atoms with Crippen molar-refractivity contribution in [3.8, 4) is 0 Å². The maximum absolute atomic E-state index is 13.8. The van der Waals surface area contributed by atoms with Crippen molar-refractivity contribution in [3.63, 3.8) is 0 Å². The van der Waals surface area contributed by atoms with Crippen LogP contribution in [0.25, 0.3) is 0 Å². The number of aliphatic hydroxyl groups excluding tert-OH is 1. The number of ether oxygens (including phenoxy) is 6. The van der Waals surface area contributed by atoms with E-state index in [0.29, 0.717) is 0 Å². The molecule has 2 amide bonds. The highest BCUT2D eigenvalue weighted by molar-refractivity contribution is 7.09. The van der Waals surface area contributed by atoms with E-state index >= 15 is 0 Å². The van der Waals surface area contributed by atoms with Gasteiger partial charge in [-0.05, 0) is 19.3 Å². The molecule has 396 valence electrons. The molecular formula is C53H103N2O11P. The molecule has 0 aromatic heterocycles. The van der Waals surface area contributed by atoms with Gasteiger partial charge < -0.3 is 48.7 Å². The van der Waals surface area contributed by atoms with E-state index in [4.69, 9.17) is 32.9 Å². The van der Waals surface area contributed by atoms with Crippen molar-refractivity contribution in [3.05, 3.63) is 0 Å². The van der Waals surface area contributed by atoms with Gasteiger partial charge in [0.1, 0.15) is 18.2 Å². The molecule has 3 N–H and O–H groups in total. The van der Waals surface area contributed by atoms with E-state index in [0.717, 1.165) is 64.2 Å². The smallest absolute Gasteiger partial charge is 0.308 e. The number of unbranched alkanes of at least 4 members (excludes halogenated alkanes) is 24. The molecule has 0 aromatic rings. The fourth-order valence-corrected chi connectivity index (χ4v) is 9.42. The molecule has 0 aliphatic carbocycles. The Morgan fingerprint density at radius 1 is 0.552 bits per heavy atom. The Morgan fingerprint density at radius 2 is 0.940 bits per heavy atom. The second-order valence-electron chi connectivity index (χ2n) is 19.1. The highest BCUT2D eigenvalue weighted by atomic mass is 31.0. The summed E-state index contributed by atoms with van der Waals surface area (Å²) in [4.78, 5) is 40.6. The van der Waals surface area contributed by atoms with Crippen LogP contribution >= 0.6 is 9.47 Å². The van der Waals surface area contributed by atoms with Crippen molar-refractivity contribution in [1.29, 1.82) is 0 Å². The summed E-state index contributed by atoms with van der Waals surface area (Å²) in [6, 6.07) is -1.00. The fourth-order valence-electron chi connectivity index (χ4n) is 9.09. The number of carbonyl (C=O) groups excluding carboxylic acids is 3. The molecule has 0 radical (unpaired) electrons. The average molecular weight is 975 g/mol. The van der Waals surface area contributed by atoms with E-state index in [9.17, 15) is 19.5 Å². The lowest BCUT2D eigenvalue weighted by Crippen LogP contribution is -2.66. The first-order chi connectivity index (χ1) is 32.7. The minimum atomic E-state index is -1.14. The van der Waals surface area contributed by atoms with Crippen molar-refractivity contribution in [2.24, 2.45) is 0 Å². The minimum absolute atomic E-state index is 0.0164. The molecule has 67 heavy (non-hydrogen) atoms. The summed E-state index contributed by atoms with van der Waals surface area (Å²) in [5.74, 6) is -0.981. The van der Waals surface area contributed by atoms with E-state index in [1.54, 1.807) is 21.3 Å². The zero-order valence-corrected chi connectivity index (χ0v) is 44.8. The summed E-state index contributed by atoms with van der Waals surface area (Å²) in [7, 11) is 7.06. The Hall–Kier alpha value is -1.44. The van der Waals surface area contributed by atoms with Crippen LogP contribution in [0, 0.1) is 0 Å². The van der Waals surface area contributed by atoms with Crippen molar-refractivity contribution in [2.45, 2.75) is 282 Å². The SMILES string of the molecule is CCCCCCCCCCCC(CC(=O)NCCO[C@@H]1OC(CO)[C@@H](OP)C(OC(=O)CC(CCCCCCCCCCC)OC)C1NC(=O)CC(CCCCCCCCCCC)OC)OC. The molecule has 9 atom stereocenters. The largest absolute Gasteiger partial charge is 0.457 e. The number of esters is 1. The van der Waals surface area contributed by atoms with Crippen LogP contribution in [-0.4, -0.2) is 113 Å². The summed E-state index contributed by atoms with van der Waals surface area (Å²) < 4.78 is 41.5. The normalized spacial score (nSPS) is 19.8. The number of nitrogens with one attached hydrogen (secondary N) is 2. The third-order valence-corrected chi connectivity index (χ3v) is 13.7. The number of hydrogen-bond acceptors (Lipinski definition) is 11. The Kier molecular flexibility index (Phi) is 42.2. The predicted molar refractivity (Wildman–Crippen MR) is 273 cm³/mol. The Morgan fingerprint density at radius 3 is 1.33 bits per heavy atom. The molecule has 7 unspecified atom stereocenters. The number of methoxy groups -OCH3 is 3. The third-order valence-electron chi connectivity index (χ3n) is 13.4. The summed E-state index contributed by atoms with van der Waals surface area (Å²) in [6.45, 7) is 6.46. The van der Waals surface area contributed by atoms with Crippen LogP contribution in [0.5, 0.6) is 0 Å². The molecule has 1 aliphatic rings. The van der Waals surface area contributed by atoms with Gasteiger partial charge in [0.25, 0.3) is 0 Å². The monoisotopic (exact) mass is 975 g/mol. The third kappa shape index (κ3) is 32.2. The van der Waals surface area contributed by atoms with Gasteiger partial charge in [-0.3, -0.25) is 14.4 Å². The molecule has 13 nitrogen and oxygen atoms in total. The maximum atomic E-state index is 13.8. The zero-order valence-electron chi connectivity index (χ0n) is 43.7. The molecule has 0 bridgehead atoms. The number of hydrogen-bond donors (Lipinski definition) is 3. The van der Waals surface area contributed by atoms with Gasteiger partial charge in [-0.15, -0.1) is 0 Å². The standard InChI is InChI=1S/C53H103N2O11P/c1-7-10-13-16-19-22-25-28-31-34-43(60-4)39-47(57)54-37-38-63-53-50(55-48(58)40-44(61-5)35-32-29-26-23-20-17-14-11-8-2)52(51(66-67)46(42-56)64-53)65-49(59)41-45(62-6)36-33-30-27-24-21-18-15-12-9-3/h43-46,50-53,56H,7-42,67H2,1-6H3,(H,54,57)(H,55,58)/t43?,44?,45?,46?,50?,51-,52?,53-/m1/s1. The summed E-state index contributed by atoms with van der Waals surface area (Å²) >= 11 is 0. The van der Waals surface area contributed by atoms with E-state index < -0.39 is 43.2 Å². The van der Waals surface area contributed by atoms with Gasteiger partial charge in [0.05, 0.1) is 50.8 Å². The second-order valence-corrected chi connectivity index (χ2v) is 19.4. The Balaban J connectivity index is 2.96. The molecular weight excluding hydrogens is 872 g/mol. The van der Waals surface area contributed by atoms with Gasteiger partial charge in [0.15, 0.2) is 12.4 Å². The Labute approximate surface area is 411 Å². The lowest BCUT2D eigenvalue weighted by Gasteiger charge is -2.45. The summed E-state index contributed by atoms with van der Waals surface area (Å²) in [6.07, 6.45) is 30.5. The van der Waals surface area contributed by atoms with Crippen LogP contribution in [0.2, 0.25) is 0 Å². The zero-order chi connectivity index (χ0) is 49.2. The molecule has 0 spiro atoms. The van der Waals surface area contributed by atoms with Crippen LogP contribution in [0.4, 0.5) is 0 Å². The quantitative estimate of drug-likeness (QED) is 0.0303. The van der Waals surface area contributed by atoms with E-state index in [1.165, 1.54) is 128 Å². The van der Waals surface area contributed by atoms with Crippen LogP contribution in [0.3, 0.4) is 0 Å². The fraction of sp³-hybridized carbons (Fsp3) is 0.943. The molecule has 1 saturated heterocycles. The van der Waals surface area contributed by atoms with Gasteiger partial charge >= 0.3 is 5.97 Å². The van der Waals surface area contributed by atoms with Gasteiger partial charge in [0.2, 0.25) is 11.8 Å². The number of aliphatic hydroxyl groups is 1. The molecule has 1 fully saturated rings. The predicted octanol–water partition coefficient (Wildman–Crippen LogP) is 11.4. The van der Waals surface area contributed by atoms with E-state index in [2.05, 4.69) is 40.9 Å². The summed E-state index contributed by atoms with van der Waals surface area (Å²) in [5, 5.41) is 16.4. The minimum Gasteiger partial charge on any atom is -0.457 e. The lowest BCUT2D eigenvalue weighted by molar-refractivity contribution is -0.267. The van der Waals surface area contributed by atoms with Crippen molar-refractivity contribution >= 4 is 27.3 Å². The molecule has 1 aliphatic heterocycles. The highest BCUT2D eigenvalue weighted by Gasteiger charge is 2.50. The van der Waals surface area contributed by atoms with Crippen LogP contribution in [-0.2, 0) is 47.3 Å². The number of amides is 2. The average Bonchev–Trinajstić information content (AvgIpc) is 3.33. The van der Waals surface area contributed by atoms with Crippen LogP contribution < -0.4 is 10.6 Å². The maximum Gasteiger partial charge on any atom is 0.308 e. The molecule has 1 heterocycles. The Bertz CT molecular complexity index is 1170. The first kappa shape index (κ1) is 63.6. The second kappa shape index (κ2) is 44.5. The highest BCUT2D eigenvalue weighted by Crippen LogP contribution is 2.29. The lowest BCUT2D eigenvalue weighted by atomic mass is 9.96. The first-order valence-corrected chi connectivity index (χ1v) is 27.8. The first-order valence-electron chi connectivity index (χ1n) is 27.3. The van der Waals surface area contributed by atoms with Crippen molar-refractivity contribution in [1.82, 2.24) is 10.6 Å².